The fraction of sp³-hybridized carbons (Fsp3) is 0.333. The number of aryl methyl sites for hydroxylation is 2. The molecule has 0 saturated carbocycles. The maximum Gasteiger partial charge on any atom is 0.359 e. The largest absolute Gasteiger partial charge is 0.452 e. The molecule has 146 valence electrons. The summed E-state index contributed by atoms with van der Waals surface area (Å²) in [5, 5.41) is 5.10. The summed E-state index contributed by atoms with van der Waals surface area (Å²) in [6.07, 6.45) is 2.78. The van der Waals surface area contributed by atoms with Gasteiger partial charge in [-0.2, -0.15) is 5.10 Å². The SMILES string of the molecule is CCCCCn1nc(C(=O)OCC(=O)c2ccc(C)s2)c2ccccc2c1=O. The Morgan fingerprint density at radius 2 is 1.86 bits per heavy atom. The van der Waals surface area contributed by atoms with Crippen LogP contribution in [-0.4, -0.2) is 28.1 Å². The van der Waals surface area contributed by atoms with Gasteiger partial charge in [0, 0.05) is 16.8 Å². The molecule has 0 radical (unpaired) electrons. The van der Waals surface area contributed by atoms with Crippen molar-refractivity contribution in [1.82, 2.24) is 9.78 Å². The minimum Gasteiger partial charge on any atom is -0.452 e. The Morgan fingerprint density at radius 3 is 2.54 bits per heavy atom. The molecular weight excluding hydrogens is 376 g/mol. The van der Waals surface area contributed by atoms with E-state index in [0.717, 1.165) is 24.1 Å². The first-order valence-corrected chi connectivity index (χ1v) is 10.1. The Balaban J connectivity index is 1.85. The summed E-state index contributed by atoms with van der Waals surface area (Å²) in [4.78, 5) is 39.1. The summed E-state index contributed by atoms with van der Waals surface area (Å²) in [6.45, 7) is 4.06. The van der Waals surface area contributed by atoms with Crippen LogP contribution >= 0.6 is 11.3 Å². The van der Waals surface area contributed by atoms with Crippen molar-refractivity contribution in [2.24, 2.45) is 0 Å². The first-order valence-electron chi connectivity index (χ1n) is 9.28. The molecule has 3 rings (SSSR count). The number of carbonyl (C=O) groups is 2. The van der Waals surface area contributed by atoms with E-state index in [-0.39, 0.29) is 23.6 Å². The summed E-state index contributed by atoms with van der Waals surface area (Å²) in [6, 6.07) is 10.4. The maximum absolute atomic E-state index is 12.6. The van der Waals surface area contributed by atoms with E-state index in [2.05, 4.69) is 12.0 Å². The van der Waals surface area contributed by atoms with Crippen molar-refractivity contribution in [2.45, 2.75) is 39.7 Å². The zero-order valence-corrected chi connectivity index (χ0v) is 16.8. The van der Waals surface area contributed by atoms with Crippen molar-refractivity contribution in [3.05, 3.63) is 62.2 Å². The lowest BCUT2D eigenvalue weighted by Crippen LogP contribution is -2.27. The summed E-state index contributed by atoms with van der Waals surface area (Å²) < 4.78 is 6.54. The Bertz CT molecular complexity index is 1070. The number of ether oxygens (including phenoxy) is 1. The van der Waals surface area contributed by atoms with Gasteiger partial charge in [0.05, 0.1) is 10.3 Å². The molecule has 1 aromatic carbocycles. The third kappa shape index (κ3) is 4.36. The molecule has 6 nitrogen and oxygen atoms in total. The quantitative estimate of drug-likeness (QED) is 0.326. The number of fused-ring (bicyclic) bond motifs is 1. The second-order valence-electron chi connectivity index (χ2n) is 6.54. The third-order valence-electron chi connectivity index (χ3n) is 4.38. The molecule has 0 spiro atoms. The number of hydrogen-bond acceptors (Lipinski definition) is 6. The highest BCUT2D eigenvalue weighted by atomic mass is 32.1. The Hall–Kier alpha value is -2.80. The van der Waals surface area contributed by atoms with E-state index in [1.807, 2.05) is 13.0 Å². The Labute approximate surface area is 166 Å². The highest BCUT2D eigenvalue weighted by Gasteiger charge is 2.19. The van der Waals surface area contributed by atoms with Crippen molar-refractivity contribution >= 4 is 33.9 Å². The fourth-order valence-electron chi connectivity index (χ4n) is 2.90. The van der Waals surface area contributed by atoms with Crippen molar-refractivity contribution in [3.8, 4) is 0 Å². The van der Waals surface area contributed by atoms with Gasteiger partial charge in [-0.15, -0.1) is 11.3 Å². The van der Waals surface area contributed by atoms with Gasteiger partial charge in [0.1, 0.15) is 0 Å². The molecule has 0 fully saturated rings. The first-order chi connectivity index (χ1) is 13.5. The number of hydrogen-bond donors (Lipinski definition) is 0. The van der Waals surface area contributed by atoms with E-state index in [1.54, 1.807) is 30.3 Å². The zero-order chi connectivity index (χ0) is 20.1. The molecule has 3 aromatic rings. The molecule has 7 heteroatoms. The minimum absolute atomic E-state index is 0.0573. The predicted octanol–water partition coefficient (Wildman–Crippen LogP) is 4.00. The van der Waals surface area contributed by atoms with E-state index in [9.17, 15) is 14.4 Å². The van der Waals surface area contributed by atoms with Crippen molar-refractivity contribution in [3.63, 3.8) is 0 Å². The average Bonchev–Trinajstić information content (AvgIpc) is 3.14. The van der Waals surface area contributed by atoms with Gasteiger partial charge in [0.25, 0.3) is 5.56 Å². The number of aromatic nitrogens is 2. The molecule has 28 heavy (non-hydrogen) atoms. The molecule has 0 unspecified atom stereocenters. The van der Waals surface area contributed by atoms with Crippen LogP contribution < -0.4 is 5.56 Å². The van der Waals surface area contributed by atoms with Crippen LogP contribution in [0.1, 0.15) is 51.2 Å². The van der Waals surface area contributed by atoms with Gasteiger partial charge < -0.3 is 4.74 Å². The second kappa shape index (κ2) is 8.93. The van der Waals surface area contributed by atoms with Crippen LogP contribution in [-0.2, 0) is 11.3 Å². The minimum atomic E-state index is -0.706. The number of thiophene rings is 1. The summed E-state index contributed by atoms with van der Waals surface area (Å²) in [7, 11) is 0. The second-order valence-corrected chi connectivity index (χ2v) is 7.83. The number of ketones is 1. The molecular formula is C21H22N2O4S. The number of unbranched alkanes of at least 4 members (excludes halogenated alkanes) is 2. The predicted molar refractivity (Wildman–Crippen MR) is 109 cm³/mol. The summed E-state index contributed by atoms with van der Waals surface area (Å²) in [5.41, 5.74) is -0.171. The number of esters is 1. The Kier molecular flexibility index (Phi) is 6.36. The highest BCUT2D eigenvalue weighted by molar-refractivity contribution is 7.14. The van der Waals surface area contributed by atoms with Gasteiger partial charge in [-0.1, -0.05) is 38.0 Å². The fourth-order valence-corrected chi connectivity index (χ4v) is 3.70. The van der Waals surface area contributed by atoms with Crippen molar-refractivity contribution in [2.75, 3.05) is 6.61 Å². The van der Waals surface area contributed by atoms with Crippen LogP contribution in [0, 0.1) is 6.92 Å². The highest BCUT2D eigenvalue weighted by Crippen LogP contribution is 2.17. The topological polar surface area (TPSA) is 78.3 Å². The Morgan fingerprint density at radius 1 is 1.11 bits per heavy atom. The molecule has 2 aromatic heterocycles. The average molecular weight is 398 g/mol. The lowest BCUT2D eigenvalue weighted by molar-refractivity contribution is 0.0469. The zero-order valence-electron chi connectivity index (χ0n) is 15.9. The summed E-state index contributed by atoms with van der Waals surface area (Å²) in [5.74, 6) is -0.964. The molecule has 0 atom stereocenters. The molecule has 0 aliphatic carbocycles. The van der Waals surface area contributed by atoms with Gasteiger partial charge in [0.15, 0.2) is 12.3 Å². The number of benzene rings is 1. The van der Waals surface area contributed by atoms with Crippen LogP contribution in [0.4, 0.5) is 0 Å². The summed E-state index contributed by atoms with van der Waals surface area (Å²) >= 11 is 1.36. The van der Waals surface area contributed by atoms with E-state index >= 15 is 0 Å². The lowest BCUT2D eigenvalue weighted by Gasteiger charge is -2.10. The number of Topliss-reactive ketones (excluding diaryl/α,β-unsaturated/α-hetero) is 1. The van der Waals surface area contributed by atoms with Crippen molar-refractivity contribution in [1.29, 1.82) is 0 Å². The number of rotatable bonds is 8. The van der Waals surface area contributed by atoms with Gasteiger partial charge in [-0.25, -0.2) is 9.48 Å². The molecule has 0 saturated heterocycles. The lowest BCUT2D eigenvalue weighted by atomic mass is 10.1. The van der Waals surface area contributed by atoms with E-state index in [1.165, 1.54) is 16.0 Å². The van der Waals surface area contributed by atoms with Crippen LogP contribution in [0.5, 0.6) is 0 Å². The van der Waals surface area contributed by atoms with Gasteiger partial charge in [0.2, 0.25) is 5.78 Å². The van der Waals surface area contributed by atoms with Crippen LogP contribution in [0.2, 0.25) is 0 Å². The number of nitrogens with zero attached hydrogens (tertiary/aromatic N) is 2. The van der Waals surface area contributed by atoms with E-state index < -0.39 is 5.97 Å². The maximum atomic E-state index is 12.6. The van der Waals surface area contributed by atoms with Crippen molar-refractivity contribution < 1.29 is 14.3 Å². The van der Waals surface area contributed by atoms with Crippen LogP contribution in [0.15, 0.2) is 41.2 Å². The monoisotopic (exact) mass is 398 g/mol. The van der Waals surface area contributed by atoms with E-state index in [4.69, 9.17) is 4.74 Å². The van der Waals surface area contributed by atoms with Gasteiger partial charge >= 0.3 is 5.97 Å². The molecule has 2 heterocycles. The van der Waals surface area contributed by atoms with Crippen LogP contribution in [0.3, 0.4) is 0 Å². The third-order valence-corrected chi connectivity index (χ3v) is 5.43. The first kappa shape index (κ1) is 19.9. The van der Waals surface area contributed by atoms with Crippen LogP contribution in [0.25, 0.3) is 10.8 Å². The molecule has 0 aliphatic rings. The van der Waals surface area contributed by atoms with Gasteiger partial charge in [-0.3, -0.25) is 9.59 Å². The molecule has 0 bridgehead atoms. The normalized spacial score (nSPS) is 10.9. The molecule has 0 N–H and O–H groups in total. The molecule has 0 amide bonds. The molecule has 0 aliphatic heterocycles. The van der Waals surface area contributed by atoms with E-state index in [0.29, 0.717) is 22.2 Å². The smallest absolute Gasteiger partial charge is 0.359 e. The number of carbonyl (C=O) groups excluding carboxylic acids is 2. The standard InChI is InChI=1S/C21H22N2O4S/c1-3-4-7-12-23-20(25)16-9-6-5-8-15(16)19(22-23)21(26)27-13-17(24)18-11-10-14(2)28-18/h5-6,8-11H,3-4,7,12-13H2,1-2H3. The van der Waals surface area contributed by atoms with Gasteiger partial charge in [-0.05, 0) is 31.5 Å².